The van der Waals surface area contributed by atoms with Crippen molar-refractivity contribution >= 4 is 22.1 Å². The number of pyridine rings is 1. The zero-order valence-corrected chi connectivity index (χ0v) is 17.7. The molecule has 0 saturated heterocycles. The first kappa shape index (κ1) is 19.6. The molecule has 0 amide bonds. The summed E-state index contributed by atoms with van der Waals surface area (Å²) in [4.78, 5) is 31.1. The van der Waals surface area contributed by atoms with Crippen LogP contribution in [0.3, 0.4) is 0 Å². The third-order valence-electron chi connectivity index (χ3n) is 4.93. The van der Waals surface area contributed by atoms with Gasteiger partial charge in [0.05, 0.1) is 37.3 Å². The lowest BCUT2D eigenvalue weighted by molar-refractivity contribution is 0.313. The third-order valence-corrected chi connectivity index (χ3v) is 4.93. The van der Waals surface area contributed by atoms with Crippen LogP contribution in [-0.4, -0.2) is 48.0 Å². The van der Waals surface area contributed by atoms with E-state index in [4.69, 9.17) is 9.47 Å². The SMILES string of the molecule is CCOc1ncc2nc(-c3ccc4nn(C)cc4c3)c(=O)n(-c3ccc(OC)nc3)c2n1. The van der Waals surface area contributed by atoms with E-state index in [-0.39, 0.29) is 17.3 Å². The molecule has 0 aliphatic rings. The molecule has 0 atom stereocenters. The second-order valence-corrected chi connectivity index (χ2v) is 7.03. The number of rotatable bonds is 5. The molecule has 0 aliphatic heterocycles. The normalized spacial score (nSPS) is 11.2. The second-order valence-electron chi connectivity index (χ2n) is 7.03. The van der Waals surface area contributed by atoms with Crippen molar-refractivity contribution in [2.24, 2.45) is 7.05 Å². The van der Waals surface area contributed by atoms with Gasteiger partial charge in [-0.2, -0.15) is 10.1 Å². The van der Waals surface area contributed by atoms with Gasteiger partial charge >= 0.3 is 6.01 Å². The van der Waals surface area contributed by atoms with Gasteiger partial charge in [0.2, 0.25) is 5.88 Å². The first-order chi connectivity index (χ1) is 15.6. The topological polar surface area (TPSA) is 110 Å². The highest BCUT2D eigenvalue weighted by atomic mass is 16.5. The van der Waals surface area contributed by atoms with Gasteiger partial charge in [-0.15, -0.1) is 0 Å². The van der Waals surface area contributed by atoms with Gasteiger partial charge in [-0.1, -0.05) is 6.07 Å². The number of aryl methyl sites for hydroxylation is 1. The molecule has 0 aliphatic carbocycles. The molecule has 10 nitrogen and oxygen atoms in total. The first-order valence-electron chi connectivity index (χ1n) is 9.94. The molecule has 5 aromatic rings. The van der Waals surface area contributed by atoms with Gasteiger partial charge in [-0.3, -0.25) is 14.0 Å². The van der Waals surface area contributed by atoms with Crippen LogP contribution >= 0.6 is 0 Å². The number of nitrogens with zero attached hydrogens (tertiary/aromatic N) is 7. The van der Waals surface area contributed by atoms with Gasteiger partial charge in [0, 0.05) is 30.3 Å². The summed E-state index contributed by atoms with van der Waals surface area (Å²) in [7, 11) is 3.38. The standard InChI is InChI=1S/C22H19N7O3/c1-4-32-22-24-11-17-20(26-22)29(15-6-8-18(31-3)23-10-15)21(30)19(25-17)13-5-7-16-14(9-13)12-28(2)27-16/h5-12H,4H2,1-3H3. The van der Waals surface area contributed by atoms with Crippen LogP contribution in [-0.2, 0) is 7.05 Å². The number of hydrogen-bond acceptors (Lipinski definition) is 8. The summed E-state index contributed by atoms with van der Waals surface area (Å²) in [5.41, 5.74) is 2.73. The van der Waals surface area contributed by atoms with Crippen LogP contribution in [0.1, 0.15) is 6.92 Å². The highest BCUT2D eigenvalue weighted by Gasteiger charge is 2.18. The Hall–Kier alpha value is -4.34. The van der Waals surface area contributed by atoms with Gasteiger partial charge < -0.3 is 9.47 Å². The third kappa shape index (κ3) is 3.31. The Labute approximate surface area is 182 Å². The van der Waals surface area contributed by atoms with Crippen molar-refractivity contribution < 1.29 is 9.47 Å². The zero-order valence-electron chi connectivity index (χ0n) is 17.7. The first-order valence-corrected chi connectivity index (χ1v) is 9.94. The maximum Gasteiger partial charge on any atom is 0.318 e. The van der Waals surface area contributed by atoms with E-state index >= 15 is 0 Å². The highest BCUT2D eigenvalue weighted by Crippen LogP contribution is 2.24. The van der Waals surface area contributed by atoms with Gasteiger partial charge in [0.25, 0.3) is 5.56 Å². The molecule has 10 heteroatoms. The van der Waals surface area contributed by atoms with Crippen LogP contribution in [0.25, 0.3) is 39.0 Å². The molecule has 4 heterocycles. The molecule has 0 N–H and O–H groups in total. The predicted octanol–water partition coefficient (Wildman–Crippen LogP) is 2.53. The van der Waals surface area contributed by atoms with Crippen molar-refractivity contribution in [2.75, 3.05) is 13.7 Å². The lowest BCUT2D eigenvalue weighted by atomic mass is 10.1. The summed E-state index contributed by atoms with van der Waals surface area (Å²) in [6.45, 7) is 2.24. The van der Waals surface area contributed by atoms with Gasteiger partial charge in [0.15, 0.2) is 5.65 Å². The Morgan fingerprint density at radius 2 is 1.91 bits per heavy atom. The number of benzene rings is 1. The second kappa shape index (κ2) is 7.73. The smallest absolute Gasteiger partial charge is 0.318 e. The van der Waals surface area contributed by atoms with E-state index in [1.54, 1.807) is 29.2 Å². The van der Waals surface area contributed by atoms with E-state index < -0.39 is 0 Å². The summed E-state index contributed by atoms with van der Waals surface area (Å²) in [5.74, 6) is 0.437. The minimum atomic E-state index is -0.339. The quantitative estimate of drug-likeness (QED) is 0.419. The molecule has 0 spiro atoms. The largest absolute Gasteiger partial charge is 0.481 e. The van der Waals surface area contributed by atoms with E-state index in [2.05, 4.69) is 25.0 Å². The summed E-state index contributed by atoms with van der Waals surface area (Å²) in [6, 6.07) is 9.18. The monoisotopic (exact) mass is 429 g/mol. The Morgan fingerprint density at radius 3 is 2.66 bits per heavy atom. The molecule has 1 aromatic carbocycles. The number of ether oxygens (including phenoxy) is 2. The van der Waals surface area contributed by atoms with E-state index in [0.29, 0.717) is 34.9 Å². The van der Waals surface area contributed by atoms with E-state index in [1.165, 1.54) is 11.7 Å². The lowest BCUT2D eigenvalue weighted by Gasteiger charge is -2.12. The lowest BCUT2D eigenvalue weighted by Crippen LogP contribution is -2.23. The zero-order chi connectivity index (χ0) is 22.2. The summed E-state index contributed by atoms with van der Waals surface area (Å²) in [6.07, 6.45) is 4.99. The number of methoxy groups -OCH3 is 1. The van der Waals surface area contributed by atoms with Crippen LogP contribution < -0.4 is 15.0 Å². The summed E-state index contributed by atoms with van der Waals surface area (Å²) >= 11 is 0. The van der Waals surface area contributed by atoms with Crippen LogP contribution in [0.15, 0.2) is 53.7 Å². The molecule has 32 heavy (non-hydrogen) atoms. The molecule has 0 unspecified atom stereocenters. The molecule has 0 radical (unpaired) electrons. The minimum Gasteiger partial charge on any atom is -0.481 e. The molecule has 0 saturated carbocycles. The number of fused-ring (bicyclic) bond motifs is 2. The molecular formula is C22H19N7O3. The fourth-order valence-electron chi connectivity index (χ4n) is 3.51. The van der Waals surface area contributed by atoms with E-state index in [1.807, 2.05) is 38.4 Å². The van der Waals surface area contributed by atoms with Crippen molar-refractivity contribution in [3.63, 3.8) is 0 Å². The van der Waals surface area contributed by atoms with E-state index in [0.717, 1.165) is 10.9 Å². The van der Waals surface area contributed by atoms with Crippen molar-refractivity contribution in [2.45, 2.75) is 6.92 Å². The van der Waals surface area contributed by atoms with Crippen molar-refractivity contribution in [1.29, 1.82) is 0 Å². The Morgan fingerprint density at radius 1 is 1.03 bits per heavy atom. The Bertz CT molecular complexity index is 1510. The fraction of sp³-hybridized carbons (Fsp3) is 0.182. The van der Waals surface area contributed by atoms with Crippen LogP contribution in [0.5, 0.6) is 11.9 Å². The number of hydrogen-bond donors (Lipinski definition) is 0. The summed E-state index contributed by atoms with van der Waals surface area (Å²) in [5, 5.41) is 5.30. The molecule has 0 fully saturated rings. The minimum absolute atomic E-state index is 0.168. The maximum atomic E-state index is 13.7. The van der Waals surface area contributed by atoms with Crippen LogP contribution in [0.2, 0.25) is 0 Å². The maximum absolute atomic E-state index is 13.7. The molecular weight excluding hydrogens is 410 g/mol. The Kier molecular flexibility index (Phi) is 4.74. The molecule has 160 valence electrons. The van der Waals surface area contributed by atoms with Gasteiger partial charge in [-0.25, -0.2) is 15.0 Å². The van der Waals surface area contributed by atoms with Crippen LogP contribution in [0, 0.1) is 0 Å². The molecule has 4 aromatic heterocycles. The fourth-order valence-corrected chi connectivity index (χ4v) is 3.51. The van der Waals surface area contributed by atoms with Crippen molar-refractivity contribution in [1.82, 2.24) is 34.3 Å². The van der Waals surface area contributed by atoms with Crippen molar-refractivity contribution in [3.05, 3.63) is 59.3 Å². The predicted molar refractivity (Wildman–Crippen MR) is 118 cm³/mol. The van der Waals surface area contributed by atoms with Crippen molar-refractivity contribution in [3.8, 4) is 28.8 Å². The van der Waals surface area contributed by atoms with Crippen LogP contribution in [0.4, 0.5) is 0 Å². The average molecular weight is 429 g/mol. The van der Waals surface area contributed by atoms with Gasteiger partial charge in [0.1, 0.15) is 11.2 Å². The Balaban J connectivity index is 1.79. The number of aromatic nitrogens is 7. The molecule has 5 rings (SSSR count). The highest BCUT2D eigenvalue weighted by molar-refractivity contribution is 5.84. The molecule has 0 bridgehead atoms. The van der Waals surface area contributed by atoms with Gasteiger partial charge in [-0.05, 0) is 25.1 Å². The average Bonchev–Trinajstić information content (AvgIpc) is 3.18. The summed E-state index contributed by atoms with van der Waals surface area (Å²) < 4.78 is 13.8. The van der Waals surface area contributed by atoms with E-state index in [9.17, 15) is 4.79 Å².